The number of carbonyl (C=O) groups excluding carboxylic acids is 2. The van der Waals surface area contributed by atoms with Gasteiger partial charge in [-0.15, -0.1) is 0 Å². The van der Waals surface area contributed by atoms with Gasteiger partial charge in [0.05, 0.1) is 23.4 Å². The number of rotatable bonds is 4. The predicted molar refractivity (Wildman–Crippen MR) is 124 cm³/mol. The second-order valence-electron chi connectivity index (χ2n) is 9.63. The molecule has 2 aromatic rings. The highest BCUT2D eigenvalue weighted by atomic mass is 16.2. The van der Waals surface area contributed by atoms with Gasteiger partial charge in [-0.1, -0.05) is 60.7 Å². The van der Waals surface area contributed by atoms with Gasteiger partial charge in [-0.25, -0.2) is 0 Å². The summed E-state index contributed by atoms with van der Waals surface area (Å²) in [6.45, 7) is 0. The average Bonchev–Trinajstić information content (AvgIpc) is 3.18. The molecule has 2 saturated heterocycles. The maximum absolute atomic E-state index is 13.1. The van der Waals surface area contributed by atoms with Crippen LogP contribution >= 0.6 is 0 Å². The smallest absolute Gasteiger partial charge is 0.241 e. The van der Waals surface area contributed by atoms with Crippen molar-refractivity contribution in [1.29, 1.82) is 0 Å². The van der Waals surface area contributed by atoms with E-state index in [4.69, 9.17) is 0 Å². The van der Waals surface area contributed by atoms with Crippen molar-refractivity contribution in [3.05, 3.63) is 71.8 Å². The lowest BCUT2D eigenvalue weighted by Gasteiger charge is -2.48. The quantitative estimate of drug-likeness (QED) is 0.778. The first-order chi connectivity index (χ1) is 15.4. The Labute approximate surface area is 190 Å². The first-order valence-corrected chi connectivity index (χ1v) is 11.6. The van der Waals surface area contributed by atoms with Crippen molar-refractivity contribution in [2.45, 2.75) is 61.9 Å². The molecule has 0 bridgehead atoms. The molecule has 1 aliphatic carbocycles. The van der Waals surface area contributed by atoms with Crippen LogP contribution in [0.5, 0.6) is 0 Å². The zero-order valence-corrected chi connectivity index (χ0v) is 18.9. The van der Waals surface area contributed by atoms with E-state index in [0.29, 0.717) is 12.8 Å². The molecule has 6 heteroatoms. The van der Waals surface area contributed by atoms with Crippen LogP contribution in [-0.4, -0.2) is 59.1 Å². The number of amides is 2. The van der Waals surface area contributed by atoms with E-state index >= 15 is 0 Å². The number of hydrogen-bond acceptors (Lipinski definition) is 4. The summed E-state index contributed by atoms with van der Waals surface area (Å²) in [4.78, 5) is 29.9. The summed E-state index contributed by atoms with van der Waals surface area (Å²) in [6.07, 6.45) is 4.69. The molecule has 5 rings (SSSR count). The minimum atomic E-state index is -0.329. The van der Waals surface area contributed by atoms with E-state index in [2.05, 4.69) is 34.9 Å². The maximum atomic E-state index is 13.1. The Kier molecular flexibility index (Phi) is 5.30. The van der Waals surface area contributed by atoms with Crippen LogP contribution in [-0.2, 0) is 22.4 Å². The second-order valence-corrected chi connectivity index (χ2v) is 9.63. The van der Waals surface area contributed by atoms with E-state index in [-0.39, 0.29) is 35.2 Å². The Bertz CT molecular complexity index is 904. The predicted octanol–water partition coefficient (Wildman–Crippen LogP) is 2.30. The minimum absolute atomic E-state index is 0.163. The number of benzene rings is 2. The van der Waals surface area contributed by atoms with Gasteiger partial charge in [0, 0.05) is 14.1 Å². The summed E-state index contributed by atoms with van der Waals surface area (Å²) in [5.41, 5.74) is 1.68. The highest BCUT2D eigenvalue weighted by Gasteiger charge is 2.57. The molecule has 2 spiro atoms. The van der Waals surface area contributed by atoms with Gasteiger partial charge in [-0.05, 0) is 49.7 Å². The van der Waals surface area contributed by atoms with Crippen molar-refractivity contribution in [2.75, 3.05) is 14.1 Å². The van der Waals surface area contributed by atoms with Crippen molar-refractivity contribution in [2.24, 2.45) is 0 Å². The maximum Gasteiger partial charge on any atom is 0.241 e. The van der Waals surface area contributed by atoms with Crippen LogP contribution in [0.15, 0.2) is 60.7 Å². The fourth-order valence-electron chi connectivity index (χ4n) is 5.87. The number of nitrogens with one attached hydrogen (secondary N) is 2. The normalized spacial score (nSPS) is 32.4. The standard InChI is InChI=1S/C26H32N4O2/c1-29-23(31)21(17-19-9-5-3-6-10-19)27-25(29)13-15-26(16-14-25)28-22(24(32)30(26)2)18-20-11-7-4-8-12-20/h3-12,21-22,27-28H,13-18H2,1-2H3/t21-,22-,25?,26?/m0/s1. The zero-order valence-electron chi connectivity index (χ0n) is 18.9. The topological polar surface area (TPSA) is 64.7 Å². The summed E-state index contributed by atoms with van der Waals surface area (Å²) in [5.74, 6) is 0.325. The Hall–Kier alpha value is -2.70. The summed E-state index contributed by atoms with van der Waals surface area (Å²) in [5, 5.41) is 7.37. The van der Waals surface area contributed by atoms with Crippen LogP contribution in [0.3, 0.4) is 0 Å². The van der Waals surface area contributed by atoms with E-state index < -0.39 is 0 Å². The Morgan fingerprint density at radius 2 is 1.03 bits per heavy atom. The van der Waals surface area contributed by atoms with Crippen LogP contribution in [0.25, 0.3) is 0 Å². The molecule has 3 aliphatic rings. The SMILES string of the molecule is CN1C(=O)[C@H](Cc2ccccc2)NC12CCC1(CC2)N[C@@H](Cc2ccccc2)C(=O)N1C. The molecule has 0 aromatic heterocycles. The van der Waals surface area contributed by atoms with Crippen LogP contribution in [0.1, 0.15) is 36.8 Å². The molecule has 2 N–H and O–H groups in total. The summed E-state index contributed by atoms with van der Waals surface area (Å²) < 4.78 is 0. The highest BCUT2D eigenvalue weighted by molar-refractivity contribution is 5.86. The van der Waals surface area contributed by atoms with Gasteiger partial charge in [0.25, 0.3) is 0 Å². The molecule has 1 saturated carbocycles. The second kappa shape index (κ2) is 8.01. The molecule has 2 aliphatic heterocycles. The zero-order chi connectivity index (χ0) is 22.3. The highest BCUT2D eigenvalue weighted by Crippen LogP contribution is 2.43. The van der Waals surface area contributed by atoms with Crippen LogP contribution in [0, 0.1) is 0 Å². The molecular formula is C26H32N4O2. The van der Waals surface area contributed by atoms with Gasteiger partial charge >= 0.3 is 0 Å². The van der Waals surface area contributed by atoms with Gasteiger partial charge in [0.2, 0.25) is 11.8 Å². The number of hydrogen-bond donors (Lipinski definition) is 2. The fourth-order valence-corrected chi connectivity index (χ4v) is 5.87. The van der Waals surface area contributed by atoms with Crippen LogP contribution in [0.4, 0.5) is 0 Å². The van der Waals surface area contributed by atoms with Crippen molar-refractivity contribution in [1.82, 2.24) is 20.4 Å². The van der Waals surface area contributed by atoms with Crippen LogP contribution < -0.4 is 10.6 Å². The molecule has 0 radical (unpaired) electrons. The molecule has 2 amide bonds. The van der Waals surface area contributed by atoms with Crippen molar-refractivity contribution in [3.63, 3.8) is 0 Å². The lowest BCUT2D eigenvalue weighted by Crippen LogP contribution is -2.62. The van der Waals surface area contributed by atoms with E-state index in [1.165, 1.54) is 11.1 Å². The van der Waals surface area contributed by atoms with Crippen molar-refractivity contribution in [3.8, 4) is 0 Å². The van der Waals surface area contributed by atoms with E-state index in [1.54, 1.807) is 0 Å². The third kappa shape index (κ3) is 3.51. The Morgan fingerprint density at radius 3 is 1.38 bits per heavy atom. The Morgan fingerprint density at radius 1 is 0.688 bits per heavy atom. The molecule has 3 fully saturated rings. The number of nitrogens with zero attached hydrogens (tertiary/aromatic N) is 2. The Balaban J connectivity index is 1.28. The number of carbonyl (C=O) groups is 2. The summed E-state index contributed by atoms with van der Waals surface area (Å²) in [7, 11) is 3.85. The largest absolute Gasteiger partial charge is 0.326 e. The third-order valence-corrected chi connectivity index (χ3v) is 7.90. The summed E-state index contributed by atoms with van der Waals surface area (Å²) >= 11 is 0. The number of likely N-dealkylation sites (N-methyl/N-ethyl adjacent to an activating group) is 2. The van der Waals surface area contributed by atoms with Gasteiger partial charge in [0.15, 0.2) is 0 Å². The molecule has 2 atom stereocenters. The van der Waals surface area contributed by atoms with Crippen LogP contribution in [0.2, 0.25) is 0 Å². The molecule has 168 valence electrons. The molecule has 2 aromatic carbocycles. The first kappa shape index (κ1) is 21.2. The average molecular weight is 433 g/mol. The molecular weight excluding hydrogens is 400 g/mol. The lowest BCUT2D eigenvalue weighted by atomic mass is 9.80. The van der Waals surface area contributed by atoms with Gasteiger partial charge in [0.1, 0.15) is 0 Å². The van der Waals surface area contributed by atoms with E-state index in [9.17, 15) is 9.59 Å². The molecule has 0 unspecified atom stereocenters. The molecule has 6 nitrogen and oxygen atoms in total. The minimum Gasteiger partial charge on any atom is -0.326 e. The van der Waals surface area contributed by atoms with Gasteiger partial charge in [-0.2, -0.15) is 0 Å². The fraction of sp³-hybridized carbons (Fsp3) is 0.462. The monoisotopic (exact) mass is 432 g/mol. The van der Waals surface area contributed by atoms with Crippen molar-refractivity contribution < 1.29 is 9.59 Å². The molecule has 32 heavy (non-hydrogen) atoms. The van der Waals surface area contributed by atoms with Gasteiger partial charge in [-0.3, -0.25) is 20.2 Å². The van der Waals surface area contributed by atoms with E-state index in [1.807, 2.05) is 60.3 Å². The third-order valence-electron chi connectivity index (χ3n) is 7.90. The van der Waals surface area contributed by atoms with Crippen molar-refractivity contribution >= 4 is 11.8 Å². The van der Waals surface area contributed by atoms with E-state index in [0.717, 1.165) is 25.7 Å². The van der Waals surface area contributed by atoms with Gasteiger partial charge < -0.3 is 9.80 Å². The molecule has 2 heterocycles. The lowest BCUT2D eigenvalue weighted by molar-refractivity contribution is -0.135. The first-order valence-electron chi connectivity index (χ1n) is 11.6. The summed E-state index contributed by atoms with van der Waals surface area (Å²) in [6, 6.07) is 20.0.